The van der Waals surface area contributed by atoms with E-state index in [1.54, 1.807) is 0 Å². The Bertz CT molecular complexity index is 916. The summed E-state index contributed by atoms with van der Waals surface area (Å²) in [6, 6.07) is 40.2. The van der Waals surface area contributed by atoms with Crippen molar-refractivity contribution in [3.8, 4) is 0 Å². The van der Waals surface area contributed by atoms with E-state index >= 15 is 0 Å². The lowest BCUT2D eigenvalue weighted by atomic mass is 9.84. The van der Waals surface area contributed by atoms with Gasteiger partial charge in [0.15, 0.2) is 0 Å². The highest BCUT2D eigenvalue weighted by atomic mass is 32.2. The molecule has 0 fully saturated rings. The minimum Gasteiger partial charge on any atom is -0.253 e. The van der Waals surface area contributed by atoms with Gasteiger partial charge in [-0.2, -0.15) is 0 Å². The Hall–Kier alpha value is -2.97. The zero-order chi connectivity index (χ0) is 18.5. The molecule has 0 spiro atoms. The van der Waals surface area contributed by atoms with Gasteiger partial charge in [-0.15, -0.1) is 0 Å². The zero-order valence-corrected chi connectivity index (χ0v) is 15.7. The second-order valence-corrected chi connectivity index (χ2v) is 7.98. The summed E-state index contributed by atoms with van der Waals surface area (Å²) >= 11 is 0. The third-order valence-corrected chi connectivity index (χ3v) is 6.74. The zero-order valence-electron chi connectivity index (χ0n) is 14.9. The van der Waals surface area contributed by atoms with E-state index < -0.39 is 15.5 Å². The van der Waals surface area contributed by atoms with Gasteiger partial charge in [0, 0.05) is 4.90 Å². The molecule has 0 aliphatic rings. The lowest BCUT2D eigenvalue weighted by Crippen LogP contribution is -2.34. The summed E-state index contributed by atoms with van der Waals surface area (Å²) in [5.41, 5.74) is 3.05. The predicted molar refractivity (Wildman–Crippen MR) is 112 cm³/mol. The highest BCUT2D eigenvalue weighted by Crippen LogP contribution is 2.44. The van der Waals surface area contributed by atoms with Gasteiger partial charge in [0.05, 0.1) is 10.8 Å². The molecular weight excluding hydrogens is 348 g/mol. The fourth-order valence-corrected chi connectivity index (χ4v) is 5.37. The maximum atomic E-state index is 14.2. The summed E-state index contributed by atoms with van der Waals surface area (Å²) < 4.78 is 13.4. The average Bonchev–Trinajstić information content (AvgIpc) is 2.77. The summed E-state index contributed by atoms with van der Waals surface area (Å²) in [6.45, 7) is 0. The first-order chi connectivity index (χ1) is 13.3. The summed E-state index contributed by atoms with van der Waals surface area (Å²) in [4.78, 5) is 0.814. The normalized spacial score (nSPS) is 12.4. The molecular formula is C25H20OS. The van der Waals surface area contributed by atoms with Crippen molar-refractivity contribution in [2.24, 2.45) is 0 Å². The highest BCUT2D eigenvalue weighted by molar-refractivity contribution is 7.86. The van der Waals surface area contributed by atoms with Crippen molar-refractivity contribution < 1.29 is 4.21 Å². The van der Waals surface area contributed by atoms with Gasteiger partial charge < -0.3 is 0 Å². The summed E-state index contributed by atoms with van der Waals surface area (Å²) in [6.07, 6.45) is 0. The van der Waals surface area contributed by atoms with Crippen LogP contribution in [0.3, 0.4) is 0 Å². The van der Waals surface area contributed by atoms with Crippen molar-refractivity contribution in [1.29, 1.82) is 0 Å². The van der Waals surface area contributed by atoms with Gasteiger partial charge in [-0.1, -0.05) is 109 Å². The van der Waals surface area contributed by atoms with E-state index in [1.807, 2.05) is 84.9 Å². The maximum Gasteiger partial charge on any atom is 0.125 e. The van der Waals surface area contributed by atoms with Crippen LogP contribution in [0.15, 0.2) is 126 Å². The van der Waals surface area contributed by atoms with Crippen molar-refractivity contribution in [3.63, 3.8) is 0 Å². The minimum absolute atomic E-state index is 0.787. The smallest absolute Gasteiger partial charge is 0.125 e. The molecule has 27 heavy (non-hydrogen) atoms. The first-order valence-corrected chi connectivity index (χ1v) is 10.1. The van der Waals surface area contributed by atoms with Gasteiger partial charge in [-0.3, -0.25) is 4.21 Å². The number of benzene rings is 4. The molecule has 0 saturated carbocycles. The van der Waals surface area contributed by atoms with Crippen LogP contribution >= 0.6 is 0 Å². The van der Waals surface area contributed by atoms with Crippen LogP contribution < -0.4 is 0 Å². The quantitative estimate of drug-likeness (QED) is 0.408. The second-order valence-electron chi connectivity index (χ2n) is 6.36. The van der Waals surface area contributed by atoms with Crippen LogP contribution in [0.5, 0.6) is 0 Å². The van der Waals surface area contributed by atoms with E-state index in [0.29, 0.717) is 0 Å². The Kier molecular flexibility index (Phi) is 4.99. The standard InChI is InChI=1S/C25H20OS/c26-27(24-19-11-4-12-20-24)25(21-13-5-1-6-14-21,22-15-7-2-8-16-22)23-17-9-3-10-18-23/h1-20H. The topological polar surface area (TPSA) is 17.1 Å². The molecule has 0 amide bonds. The molecule has 0 heterocycles. The van der Waals surface area contributed by atoms with Gasteiger partial charge in [0.1, 0.15) is 4.75 Å². The summed E-state index contributed by atoms with van der Waals surface area (Å²) in [7, 11) is -1.33. The van der Waals surface area contributed by atoms with Crippen LogP contribution in [0.2, 0.25) is 0 Å². The molecule has 2 heteroatoms. The molecule has 0 aliphatic carbocycles. The van der Waals surface area contributed by atoms with E-state index in [-0.39, 0.29) is 0 Å². The molecule has 4 rings (SSSR count). The third kappa shape index (κ3) is 3.13. The van der Waals surface area contributed by atoms with Crippen LogP contribution in [0, 0.1) is 0 Å². The van der Waals surface area contributed by atoms with E-state index in [9.17, 15) is 4.21 Å². The Morgan fingerprint density at radius 3 is 1.07 bits per heavy atom. The van der Waals surface area contributed by atoms with Crippen LogP contribution in [0.1, 0.15) is 16.7 Å². The van der Waals surface area contributed by atoms with Crippen molar-refractivity contribution in [1.82, 2.24) is 0 Å². The van der Waals surface area contributed by atoms with Gasteiger partial charge >= 0.3 is 0 Å². The molecule has 132 valence electrons. The monoisotopic (exact) mass is 368 g/mol. The Morgan fingerprint density at radius 2 is 0.741 bits per heavy atom. The fourth-order valence-electron chi connectivity index (χ4n) is 3.56. The van der Waals surface area contributed by atoms with E-state index in [0.717, 1.165) is 21.6 Å². The van der Waals surface area contributed by atoms with Crippen LogP contribution in [0.25, 0.3) is 0 Å². The van der Waals surface area contributed by atoms with Gasteiger partial charge in [0.2, 0.25) is 0 Å². The second kappa shape index (κ2) is 7.73. The first kappa shape index (κ1) is 17.4. The van der Waals surface area contributed by atoms with Gasteiger partial charge in [0.25, 0.3) is 0 Å². The van der Waals surface area contributed by atoms with E-state index in [1.165, 1.54) is 0 Å². The van der Waals surface area contributed by atoms with Crippen LogP contribution in [-0.4, -0.2) is 4.21 Å². The lowest BCUT2D eigenvalue weighted by Gasteiger charge is -2.35. The molecule has 4 aromatic carbocycles. The molecule has 4 aromatic rings. The fraction of sp³-hybridized carbons (Fsp3) is 0.0400. The molecule has 1 atom stereocenters. The largest absolute Gasteiger partial charge is 0.253 e. The van der Waals surface area contributed by atoms with E-state index in [4.69, 9.17) is 0 Å². The molecule has 0 bridgehead atoms. The maximum absolute atomic E-state index is 14.2. The van der Waals surface area contributed by atoms with E-state index in [2.05, 4.69) is 36.4 Å². The van der Waals surface area contributed by atoms with Gasteiger partial charge in [-0.05, 0) is 28.8 Å². The van der Waals surface area contributed by atoms with Crippen molar-refractivity contribution >= 4 is 10.8 Å². The lowest BCUT2D eigenvalue weighted by molar-refractivity contribution is 0.663. The van der Waals surface area contributed by atoms with Crippen LogP contribution in [0.4, 0.5) is 0 Å². The Balaban J connectivity index is 2.08. The Morgan fingerprint density at radius 1 is 0.444 bits per heavy atom. The Labute approximate surface area is 162 Å². The third-order valence-electron chi connectivity index (χ3n) is 4.78. The highest BCUT2D eigenvalue weighted by Gasteiger charge is 2.43. The molecule has 0 radical (unpaired) electrons. The summed E-state index contributed by atoms with van der Waals surface area (Å²) in [5, 5.41) is 0. The molecule has 0 aromatic heterocycles. The summed E-state index contributed by atoms with van der Waals surface area (Å²) in [5.74, 6) is 0. The van der Waals surface area contributed by atoms with Crippen molar-refractivity contribution in [3.05, 3.63) is 138 Å². The molecule has 1 nitrogen and oxygen atoms in total. The van der Waals surface area contributed by atoms with Gasteiger partial charge in [-0.25, -0.2) is 0 Å². The number of rotatable bonds is 5. The number of hydrogen-bond donors (Lipinski definition) is 0. The predicted octanol–water partition coefficient (Wildman–Crippen LogP) is 5.79. The van der Waals surface area contributed by atoms with Crippen molar-refractivity contribution in [2.75, 3.05) is 0 Å². The molecule has 1 unspecified atom stereocenters. The molecule has 0 saturated heterocycles. The van der Waals surface area contributed by atoms with Crippen LogP contribution in [-0.2, 0) is 15.5 Å². The average molecular weight is 369 g/mol. The first-order valence-electron chi connectivity index (χ1n) is 8.97. The molecule has 0 N–H and O–H groups in total. The molecule has 0 aliphatic heterocycles. The minimum atomic E-state index is -1.33. The SMILES string of the molecule is O=S(c1ccccc1)C(c1ccccc1)(c1ccccc1)c1ccccc1. The van der Waals surface area contributed by atoms with Crippen molar-refractivity contribution in [2.45, 2.75) is 9.64 Å². The number of hydrogen-bond acceptors (Lipinski definition) is 1.